The van der Waals surface area contributed by atoms with Gasteiger partial charge in [0.15, 0.2) is 0 Å². The monoisotopic (exact) mass is 407 g/mol. The number of carbonyl (C=O) groups is 1. The van der Waals surface area contributed by atoms with Crippen molar-refractivity contribution in [1.29, 1.82) is 0 Å². The summed E-state index contributed by atoms with van der Waals surface area (Å²) in [5.41, 5.74) is 4.11. The number of rotatable bonds is 3. The van der Waals surface area contributed by atoms with Gasteiger partial charge in [0.1, 0.15) is 5.75 Å². The third kappa shape index (κ3) is 3.11. The number of carbonyl (C=O) groups excluding carboxylic acids is 1. The summed E-state index contributed by atoms with van der Waals surface area (Å²) in [6, 6.07) is 11.7. The molecule has 0 aromatic heterocycles. The molecule has 3 rings (SSSR count). The van der Waals surface area contributed by atoms with E-state index in [-0.39, 0.29) is 5.91 Å². The molecule has 0 fully saturated rings. The quantitative estimate of drug-likeness (QED) is 0.765. The van der Waals surface area contributed by atoms with Gasteiger partial charge >= 0.3 is 0 Å². The molecular weight excluding hydrogens is 389 g/mol. The van der Waals surface area contributed by atoms with E-state index >= 15 is 0 Å². The minimum atomic E-state index is -0.0981. The van der Waals surface area contributed by atoms with Gasteiger partial charge in [0.2, 0.25) is 0 Å². The smallest absolute Gasteiger partial charge is 0.256 e. The van der Waals surface area contributed by atoms with Crippen LogP contribution < -0.4 is 10.1 Å². The Kier molecular flexibility index (Phi) is 4.66. The lowest BCUT2D eigenvalue weighted by Gasteiger charge is -2.19. The van der Waals surface area contributed by atoms with E-state index in [4.69, 9.17) is 4.74 Å². The number of hydrogen-bond acceptors (Lipinski definition) is 2. The van der Waals surface area contributed by atoms with Gasteiger partial charge in [0.25, 0.3) is 5.91 Å². The average molecular weight is 407 g/mol. The van der Waals surface area contributed by atoms with Crippen molar-refractivity contribution in [3.05, 3.63) is 56.7 Å². The minimum Gasteiger partial charge on any atom is -0.495 e. The van der Waals surface area contributed by atoms with Crippen molar-refractivity contribution >= 4 is 34.2 Å². The van der Waals surface area contributed by atoms with Gasteiger partial charge in [-0.2, -0.15) is 0 Å². The van der Waals surface area contributed by atoms with Crippen molar-refractivity contribution in [3.8, 4) is 5.75 Å². The Morgan fingerprint density at radius 1 is 1.14 bits per heavy atom. The Hall–Kier alpha value is -1.56. The lowest BCUT2D eigenvalue weighted by atomic mass is 9.91. The Bertz CT molecular complexity index is 712. The van der Waals surface area contributed by atoms with Gasteiger partial charge in [-0.3, -0.25) is 4.79 Å². The lowest BCUT2D eigenvalue weighted by Crippen LogP contribution is -2.15. The highest BCUT2D eigenvalue weighted by Crippen LogP contribution is 2.33. The molecule has 2 aromatic rings. The molecule has 1 N–H and O–H groups in total. The number of methoxy groups -OCH3 is 1. The molecule has 0 heterocycles. The number of benzene rings is 2. The second-order valence-corrected chi connectivity index (χ2v) is 6.62. The van der Waals surface area contributed by atoms with Gasteiger partial charge in [-0.15, -0.1) is 0 Å². The van der Waals surface area contributed by atoms with Crippen LogP contribution in [0.3, 0.4) is 0 Å². The first-order valence-corrected chi connectivity index (χ1v) is 8.52. The van der Waals surface area contributed by atoms with Crippen LogP contribution >= 0.6 is 22.6 Å². The van der Waals surface area contributed by atoms with Crippen LogP contribution in [0.4, 0.5) is 5.69 Å². The Morgan fingerprint density at radius 2 is 1.82 bits per heavy atom. The molecule has 0 saturated carbocycles. The van der Waals surface area contributed by atoms with Crippen molar-refractivity contribution in [1.82, 2.24) is 0 Å². The van der Waals surface area contributed by atoms with Gasteiger partial charge in [0.05, 0.1) is 18.4 Å². The van der Waals surface area contributed by atoms with Crippen molar-refractivity contribution in [3.63, 3.8) is 0 Å². The van der Waals surface area contributed by atoms with Crippen molar-refractivity contribution in [2.75, 3.05) is 12.4 Å². The van der Waals surface area contributed by atoms with Gasteiger partial charge in [-0.25, -0.2) is 0 Å². The second kappa shape index (κ2) is 6.69. The van der Waals surface area contributed by atoms with E-state index in [1.165, 1.54) is 24.0 Å². The van der Waals surface area contributed by atoms with E-state index in [0.29, 0.717) is 5.56 Å². The van der Waals surface area contributed by atoms with E-state index in [9.17, 15) is 4.79 Å². The fourth-order valence-corrected chi connectivity index (χ4v) is 3.50. The standard InChI is InChI=1S/C18H18INO2/c1-22-17-11-13-7-3-2-6-12(13)10-16(17)20-18(21)14-8-4-5-9-15(14)19/h4-5,8-11H,2-3,6-7H2,1H3,(H,20,21). The summed E-state index contributed by atoms with van der Waals surface area (Å²) in [6.07, 6.45) is 4.61. The number of aryl methyl sites for hydroxylation is 2. The van der Waals surface area contributed by atoms with Gasteiger partial charge in [-0.05, 0) is 83.7 Å². The van der Waals surface area contributed by atoms with E-state index < -0.39 is 0 Å². The number of amides is 1. The number of anilines is 1. The number of nitrogens with one attached hydrogen (secondary N) is 1. The molecule has 1 aliphatic carbocycles. The lowest BCUT2D eigenvalue weighted by molar-refractivity contribution is 0.102. The average Bonchev–Trinajstić information content (AvgIpc) is 2.54. The predicted octanol–water partition coefficient (Wildman–Crippen LogP) is 4.43. The van der Waals surface area contributed by atoms with Crippen LogP contribution in [-0.4, -0.2) is 13.0 Å². The second-order valence-electron chi connectivity index (χ2n) is 5.46. The third-order valence-electron chi connectivity index (χ3n) is 4.03. The molecule has 1 amide bonds. The molecule has 4 heteroatoms. The van der Waals surface area contributed by atoms with E-state index in [2.05, 4.69) is 40.0 Å². The highest BCUT2D eigenvalue weighted by molar-refractivity contribution is 14.1. The zero-order chi connectivity index (χ0) is 15.5. The fourth-order valence-electron chi connectivity index (χ4n) is 2.86. The maximum absolute atomic E-state index is 12.5. The molecular formula is C18H18INO2. The van der Waals surface area contributed by atoms with Crippen LogP contribution in [0.5, 0.6) is 5.75 Å². The van der Waals surface area contributed by atoms with Crippen molar-refractivity contribution in [2.45, 2.75) is 25.7 Å². The summed E-state index contributed by atoms with van der Waals surface area (Å²) >= 11 is 2.18. The van der Waals surface area contributed by atoms with Crippen LogP contribution in [0.25, 0.3) is 0 Å². The summed E-state index contributed by atoms with van der Waals surface area (Å²) in [6.45, 7) is 0. The first-order valence-electron chi connectivity index (χ1n) is 7.44. The maximum Gasteiger partial charge on any atom is 0.256 e. The topological polar surface area (TPSA) is 38.3 Å². The van der Waals surface area contributed by atoms with Crippen LogP contribution in [-0.2, 0) is 12.8 Å². The SMILES string of the molecule is COc1cc2c(cc1NC(=O)c1ccccc1I)CCCC2. The molecule has 0 aliphatic heterocycles. The van der Waals surface area contributed by atoms with E-state index in [1.54, 1.807) is 7.11 Å². The molecule has 0 bridgehead atoms. The number of halogens is 1. The molecule has 0 spiro atoms. The zero-order valence-electron chi connectivity index (χ0n) is 12.5. The zero-order valence-corrected chi connectivity index (χ0v) is 14.6. The summed E-state index contributed by atoms with van der Waals surface area (Å²) < 4.78 is 6.40. The highest BCUT2D eigenvalue weighted by atomic mass is 127. The van der Waals surface area contributed by atoms with Gasteiger partial charge in [-0.1, -0.05) is 12.1 Å². The van der Waals surface area contributed by atoms with Crippen LogP contribution in [0.2, 0.25) is 0 Å². The summed E-state index contributed by atoms with van der Waals surface area (Å²) in [7, 11) is 1.65. The van der Waals surface area contributed by atoms with E-state index in [1.807, 2.05) is 24.3 Å². The van der Waals surface area contributed by atoms with E-state index in [0.717, 1.165) is 27.8 Å². The number of fused-ring (bicyclic) bond motifs is 1. The Balaban J connectivity index is 1.91. The predicted molar refractivity (Wildman–Crippen MR) is 96.7 cm³/mol. The fraction of sp³-hybridized carbons (Fsp3) is 0.278. The summed E-state index contributed by atoms with van der Waals surface area (Å²) in [4.78, 5) is 12.5. The molecule has 0 radical (unpaired) electrons. The number of hydrogen-bond donors (Lipinski definition) is 1. The van der Waals surface area contributed by atoms with Crippen molar-refractivity contribution in [2.24, 2.45) is 0 Å². The van der Waals surface area contributed by atoms with Gasteiger partial charge in [0, 0.05) is 3.57 Å². The van der Waals surface area contributed by atoms with Crippen LogP contribution in [0.15, 0.2) is 36.4 Å². The summed E-state index contributed by atoms with van der Waals surface area (Å²) in [5, 5.41) is 3.00. The van der Waals surface area contributed by atoms with Crippen LogP contribution in [0.1, 0.15) is 34.3 Å². The molecule has 22 heavy (non-hydrogen) atoms. The largest absolute Gasteiger partial charge is 0.495 e. The molecule has 0 atom stereocenters. The number of ether oxygens (including phenoxy) is 1. The molecule has 0 saturated heterocycles. The summed E-state index contributed by atoms with van der Waals surface area (Å²) in [5.74, 6) is 0.638. The minimum absolute atomic E-state index is 0.0981. The van der Waals surface area contributed by atoms with Crippen LogP contribution in [0, 0.1) is 3.57 Å². The normalized spacial score (nSPS) is 13.4. The first-order chi connectivity index (χ1) is 10.7. The maximum atomic E-state index is 12.5. The van der Waals surface area contributed by atoms with Gasteiger partial charge < -0.3 is 10.1 Å². The molecule has 3 nitrogen and oxygen atoms in total. The first kappa shape index (κ1) is 15.3. The third-order valence-corrected chi connectivity index (χ3v) is 4.97. The Morgan fingerprint density at radius 3 is 2.50 bits per heavy atom. The molecule has 0 unspecified atom stereocenters. The highest BCUT2D eigenvalue weighted by Gasteiger charge is 2.17. The molecule has 2 aromatic carbocycles. The van der Waals surface area contributed by atoms with Crippen molar-refractivity contribution < 1.29 is 9.53 Å². The molecule has 114 valence electrons. The molecule has 1 aliphatic rings. The Labute approximate surface area is 144 Å².